The summed E-state index contributed by atoms with van der Waals surface area (Å²) in [5, 5.41) is 5.75. The van der Waals surface area contributed by atoms with E-state index in [1.807, 2.05) is 32.0 Å². The standard InChI is InChI=1S/C21H25N3O4/c1-13-6-5-7-17(14(13)2)23-20(25)11-24(4)15(3)21(26)22-16-8-9-18-19(10-16)28-12-27-18/h5-10,15H,11-12H2,1-4H3,(H,22,26)(H,23,25)/t15-/m1/s1. The molecule has 0 fully saturated rings. The van der Waals surface area contributed by atoms with Crippen LogP contribution >= 0.6 is 0 Å². The Morgan fingerprint density at radius 3 is 2.64 bits per heavy atom. The van der Waals surface area contributed by atoms with Gasteiger partial charge in [-0.3, -0.25) is 14.5 Å². The second-order valence-electron chi connectivity index (χ2n) is 6.94. The number of nitrogens with zero attached hydrogens (tertiary/aromatic N) is 1. The van der Waals surface area contributed by atoms with E-state index < -0.39 is 6.04 Å². The molecule has 2 amide bonds. The number of carbonyl (C=O) groups excluding carboxylic acids is 2. The van der Waals surface area contributed by atoms with Crippen molar-refractivity contribution >= 4 is 23.2 Å². The summed E-state index contributed by atoms with van der Waals surface area (Å²) in [6.07, 6.45) is 0. The summed E-state index contributed by atoms with van der Waals surface area (Å²) in [6.45, 7) is 6.01. The molecule has 0 bridgehead atoms. The first-order chi connectivity index (χ1) is 13.3. The van der Waals surface area contributed by atoms with Gasteiger partial charge in [-0.25, -0.2) is 0 Å². The van der Waals surface area contributed by atoms with Crippen molar-refractivity contribution in [3.05, 3.63) is 47.5 Å². The summed E-state index contributed by atoms with van der Waals surface area (Å²) in [5.41, 5.74) is 3.56. The van der Waals surface area contributed by atoms with Crippen molar-refractivity contribution in [1.29, 1.82) is 0 Å². The Hall–Kier alpha value is -3.06. The summed E-state index contributed by atoms with van der Waals surface area (Å²) in [5.74, 6) is 0.887. The van der Waals surface area contributed by atoms with Crippen molar-refractivity contribution in [2.24, 2.45) is 0 Å². The maximum Gasteiger partial charge on any atom is 0.241 e. The van der Waals surface area contributed by atoms with Gasteiger partial charge in [0.05, 0.1) is 12.6 Å². The number of hydrogen-bond donors (Lipinski definition) is 2. The molecule has 0 unspecified atom stereocenters. The van der Waals surface area contributed by atoms with Crippen LogP contribution in [0.25, 0.3) is 0 Å². The van der Waals surface area contributed by atoms with Crippen molar-refractivity contribution in [2.75, 3.05) is 31.0 Å². The predicted molar refractivity (Wildman–Crippen MR) is 108 cm³/mol. The van der Waals surface area contributed by atoms with Gasteiger partial charge in [0.15, 0.2) is 11.5 Å². The van der Waals surface area contributed by atoms with Gasteiger partial charge >= 0.3 is 0 Å². The van der Waals surface area contributed by atoms with Crippen LogP contribution in [0.4, 0.5) is 11.4 Å². The number of likely N-dealkylation sites (N-methyl/N-ethyl adjacent to an activating group) is 1. The SMILES string of the molecule is Cc1cccc(NC(=O)CN(C)[C@H](C)C(=O)Nc2ccc3c(c2)OCO3)c1C. The first-order valence-electron chi connectivity index (χ1n) is 9.12. The van der Waals surface area contributed by atoms with E-state index in [1.165, 1.54) is 0 Å². The van der Waals surface area contributed by atoms with Crippen LogP contribution in [-0.4, -0.2) is 43.1 Å². The molecule has 2 aromatic rings. The van der Waals surface area contributed by atoms with Crippen molar-refractivity contribution in [3.63, 3.8) is 0 Å². The fraction of sp³-hybridized carbons (Fsp3) is 0.333. The van der Waals surface area contributed by atoms with Crippen LogP contribution in [0.2, 0.25) is 0 Å². The van der Waals surface area contributed by atoms with Crippen LogP contribution in [-0.2, 0) is 9.59 Å². The molecular weight excluding hydrogens is 358 g/mol. The number of ether oxygens (including phenoxy) is 2. The average Bonchev–Trinajstić information content (AvgIpc) is 3.12. The molecule has 0 spiro atoms. The second-order valence-corrected chi connectivity index (χ2v) is 6.94. The Bertz CT molecular complexity index is 897. The Balaban J connectivity index is 1.55. The monoisotopic (exact) mass is 383 g/mol. The number of anilines is 2. The summed E-state index contributed by atoms with van der Waals surface area (Å²) in [4.78, 5) is 26.6. The largest absolute Gasteiger partial charge is 0.454 e. The molecule has 1 heterocycles. The van der Waals surface area contributed by atoms with Gasteiger partial charge in [-0.1, -0.05) is 12.1 Å². The molecule has 1 aliphatic rings. The number of rotatable bonds is 6. The molecule has 0 saturated carbocycles. The van der Waals surface area contributed by atoms with Gasteiger partial charge in [-0.2, -0.15) is 0 Å². The molecule has 2 aromatic carbocycles. The molecule has 0 radical (unpaired) electrons. The van der Waals surface area contributed by atoms with Gasteiger partial charge in [0.2, 0.25) is 18.6 Å². The predicted octanol–water partition coefficient (Wildman–Crippen LogP) is 2.93. The van der Waals surface area contributed by atoms with Gasteiger partial charge in [0, 0.05) is 17.4 Å². The number of benzene rings is 2. The molecule has 7 heteroatoms. The Morgan fingerprint density at radius 2 is 1.86 bits per heavy atom. The van der Waals surface area contributed by atoms with Crippen molar-refractivity contribution < 1.29 is 19.1 Å². The number of carbonyl (C=O) groups is 2. The lowest BCUT2D eigenvalue weighted by Gasteiger charge is -2.23. The molecule has 0 saturated heterocycles. The van der Waals surface area contributed by atoms with Crippen molar-refractivity contribution in [3.8, 4) is 11.5 Å². The maximum atomic E-state index is 12.5. The lowest BCUT2D eigenvalue weighted by molar-refractivity contribution is -0.122. The van der Waals surface area contributed by atoms with Crippen LogP contribution in [0.15, 0.2) is 36.4 Å². The molecule has 28 heavy (non-hydrogen) atoms. The van der Waals surface area contributed by atoms with E-state index in [2.05, 4.69) is 10.6 Å². The lowest BCUT2D eigenvalue weighted by atomic mass is 10.1. The third-order valence-corrected chi connectivity index (χ3v) is 4.95. The van der Waals surface area contributed by atoms with Gasteiger partial charge in [-0.05, 0) is 57.1 Å². The van der Waals surface area contributed by atoms with Crippen molar-refractivity contribution in [2.45, 2.75) is 26.8 Å². The number of nitrogens with one attached hydrogen (secondary N) is 2. The first-order valence-corrected chi connectivity index (χ1v) is 9.12. The quantitative estimate of drug-likeness (QED) is 0.802. The topological polar surface area (TPSA) is 79.9 Å². The number of amides is 2. The van der Waals surface area contributed by atoms with Gasteiger partial charge in [0.25, 0.3) is 0 Å². The highest BCUT2D eigenvalue weighted by molar-refractivity contribution is 5.96. The zero-order valence-electron chi connectivity index (χ0n) is 16.5. The van der Waals surface area contributed by atoms with Crippen LogP contribution in [0.1, 0.15) is 18.1 Å². The molecular formula is C21H25N3O4. The van der Waals surface area contributed by atoms with E-state index >= 15 is 0 Å². The minimum atomic E-state index is -0.491. The minimum Gasteiger partial charge on any atom is -0.454 e. The molecule has 2 N–H and O–H groups in total. The van der Waals surface area contributed by atoms with Gasteiger partial charge < -0.3 is 20.1 Å². The molecule has 0 aromatic heterocycles. The highest BCUT2D eigenvalue weighted by Crippen LogP contribution is 2.34. The maximum absolute atomic E-state index is 12.5. The third-order valence-electron chi connectivity index (χ3n) is 4.95. The summed E-state index contributed by atoms with van der Waals surface area (Å²) in [7, 11) is 1.74. The first kappa shape index (κ1) is 19.7. The highest BCUT2D eigenvalue weighted by atomic mass is 16.7. The Morgan fingerprint density at radius 1 is 1.11 bits per heavy atom. The minimum absolute atomic E-state index is 0.100. The number of aryl methyl sites for hydroxylation is 1. The molecule has 3 rings (SSSR count). The zero-order chi connectivity index (χ0) is 20.3. The number of hydrogen-bond acceptors (Lipinski definition) is 5. The van der Waals surface area contributed by atoms with Crippen LogP contribution < -0.4 is 20.1 Å². The normalized spacial score (nSPS) is 13.3. The summed E-state index contributed by atoms with van der Waals surface area (Å²) >= 11 is 0. The molecule has 1 aliphatic heterocycles. The second kappa shape index (κ2) is 8.31. The van der Waals surface area contributed by atoms with Crippen LogP contribution in [0.3, 0.4) is 0 Å². The van der Waals surface area contributed by atoms with Crippen molar-refractivity contribution in [1.82, 2.24) is 4.90 Å². The zero-order valence-corrected chi connectivity index (χ0v) is 16.5. The average molecular weight is 383 g/mol. The molecule has 7 nitrogen and oxygen atoms in total. The van der Waals surface area contributed by atoms with E-state index in [0.717, 1.165) is 16.8 Å². The van der Waals surface area contributed by atoms with E-state index in [0.29, 0.717) is 17.2 Å². The summed E-state index contributed by atoms with van der Waals surface area (Å²) in [6, 6.07) is 10.5. The number of fused-ring (bicyclic) bond motifs is 1. The van der Waals surface area contributed by atoms with Gasteiger partial charge in [0.1, 0.15) is 0 Å². The van der Waals surface area contributed by atoms with Crippen LogP contribution in [0, 0.1) is 13.8 Å². The Kier molecular flexibility index (Phi) is 5.84. The van der Waals surface area contributed by atoms with Crippen LogP contribution in [0.5, 0.6) is 11.5 Å². The fourth-order valence-corrected chi connectivity index (χ4v) is 2.86. The smallest absolute Gasteiger partial charge is 0.241 e. The van der Waals surface area contributed by atoms with E-state index in [-0.39, 0.29) is 25.2 Å². The Labute approximate surface area is 164 Å². The van der Waals surface area contributed by atoms with E-state index in [9.17, 15) is 9.59 Å². The fourth-order valence-electron chi connectivity index (χ4n) is 2.86. The van der Waals surface area contributed by atoms with E-state index in [1.54, 1.807) is 37.1 Å². The summed E-state index contributed by atoms with van der Waals surface area (Å²) < 4.78 is 10.6. The highest BCUT2D eigenvalue weighted by Gasteiger charge is 2.21. The molecule has 148 valence electrons. The van der Waals surface area contributed by atoms with Gasteiger partial charge in [-0.15, -0.1) is 0 Å². The lowest BCUT2D eigenvalue weighted by Crippen LogP contribution is -2.43. The van der Waals surface area contributed by atoms with E-state index in [4.69, 9.17) is 9.47 Å². The molecule has 0 aliphatic carbocycles. The molecule has 1 atom stereocenters. The third kappa shape index (κ3) is 4.43.